The van der Waals surface area contributed by atoms with Crippen LogP contribution in [0.15, 0.2) is 24.3 Å². The van der Waals surface area contributed by atoms with Crippen molar-refractivity contribution < 1.29 is 14.3 Å². The number of nitrogens with one attached hydrogen (secondary N) is 2. The number of carbonyl (C=O) groups is 2. The third-order valence-corrected chi connectivity index (χ3v) is 3.71. The van der Waals surface area contributed by atoms with Gasteiger partial charge < -0.3 is 21.1 Å². The predicted molar refractivity (Wildman–Crippen MR) is 84.3 cm³/mol. The van der Waals surface area contributed by atoms with Gasteiger partial charge in [0.05, 0.1) is 6.10 Å². The maximum Gasteiger partial charge on any atom is 0.316 e. The SMILES string of the molecule is NC(=O)Nc1ccc(CNC(=O)COC2CCCCC2)cc1. The van der Waals surface area contributed by atoms with Gasteiger partial charge in [-0.3, -0.25) is 4.79 Å². The van der Waals surface area contributed by atoms with E-state index in [4.69, 9.17) is 10.5 Å². The second kappa shape index (κ2) is 8.38. The molecule has 1 aromatic rings. The summed E-state index contributed by atoms with van der Waals surface area (Å²) in [4.78, 5) is 22.5. The van der Waals surface area contributed by atoms with E-state index >= 15 is 0 Å². The number of nitrogens with two attached hydrogens (primary N) is 1. The van der Waals surface area contributed by atoms with Crippen molar-refractivity contribution in [3.8, 4) is 0 Å². The van der Waals surface area contributed by atoms with Gasteiger partial charge in [0.25, 0.3) is 0 Å². The third-order valence-electron chi connectivity index (χ3n) is 3.71. The zero-order valence-corrected chi connectivity index (χ0v) is 12.6. The quantitative estimate of drug-likeness (QED) is 0.751. The average molecular weight is 305 g/mol. The van der Waals surface area contributed by atoms with Gasteiger partial charge in [-0.2, -0.15) is 0 Å². The van der Waals surface area contributed by atoms with E-state index in [9.17, 15) is 9.59 Å². The summed E-state index contributed by atoms with van der Waals surface area (Å²) in [6.07, 6.45) is 6.00. The van der Waals surface area contributed by atoms with Gasteiger partial charge in [0.15, 0.2) is 0 Å². The van der Waals surface area contributed by atoms with E-state index in [-0.39, 0.29) is 18.6 Å². The lowest BCUT2D eigenvalue weighted by Gasteiger charge is -2.21. The Morgan fingerprint density at radius 2 is 1.82 bits per heavy atom. The van der Waals surface area contributed by atoms with Gasteiger partial charge in [-0.1, -0.05) is 31.4 Å². The van der Waals surface area contributed by atoms with E-state index in [0.29, 0.717) is 12.2 Å². The van der Waals surface area contributed by atoms with Crippen molar-refractivity contribution in [2.24, 2.45) is 5.73 Å². The van der Waals surface area contributed by atoms with Crippen LogP contribution in [0.4, 0.5) is 10.5 Å². The van der Waals surface area contributed by atoms with Crippen LogP contribution in [-0.2, 0) is 16.1 Å². The molecule has 0 radical (unpaired) electrons. The second-order valence-corrected chi connectivity index (χ2v) is 5.53. The molecule has 1 aliphatic rings. The Hall–Kier alpha value is -2.08. The van der Waals surface area contributed by atoms with Crippen molar-refractivity contribution in [1.82, 2.24) is 5.32 Å². The van der Waals surface area contributed by atoms with E-state index in [1.54, 1.807) is 12.1 Å². The number of carbonyl (C=O) groups excluding carboxylic acids is 2. The number of urea groups is 1. The van der Waals surface area contributed by atoms with Crippen LogP contribution in [0.1, 0.15) is 37.7 Å². The molecule has 0 spiro atoms. The van der Waals surface area contributed by atoms with E-state index in [2.05, 4.69) is 10.6 Å². The number of ether oxygens (including phenoxy) is 1. The number of primary amides is 1. The van der Waals surface area contributed by atoms with E-state index in [0.717, 1.165) is 18.4 Å². The summed E-state index contributed by atoms with van der Waals surface area (Å²) in [5, 5.41) is 5.31. The molecule has 6 heteroatoms. The maximum absolute atomic E-state index is 11.8. The highest BCUT2D eigenvalue weighted by atomic mass is 16.5. The number of anilines is 1. The van der Waals surface area contributed by atoms with Gasteiger partial charge >= 0.3 is 6.03 Å². The molecule has 0 unspecified atom stereocenters. The Labute approximate surface area is 130 Å². The fourth-order valence-corrected chi connectivity index (χ4v) is 2.53. The summed E-state index contributed by atoms with van der Waals surface area (Å²) in [5.74, 6) is -0.107. The lowest BCUT2D eigenvalue weighted by molar-refractivity contribution is -0.128. The van der Waals surface area contributed by atoms with Crippen LogP contribution in [-0.4, -0.2) is 24.6 Å². The molecule has 120 valence electrons. The Kier molecular flexibility index (Phi) is 6.21. The third kappa shape index (κ3) is 5.73. The molecule has 1 aliphatic carbocycles. The second-order valence-electron chi connectivity index (χ2n) is 5.53. The monoisotopic (exact) mass is 305 g/mol. The summed E-state index contributed by atoms with van der Waals surface area (Å²) in [5.41, 5.74) is 6.61. The number of hydrogen-bond donors (Lipinski definition) is 3. The number of hydrogen-bond acceptors (Lipinski definition) is 3. The first-order chi connectivity index (χ1) is 10.6. The maximum atomic E-state index is 11.8. The average Bonchev–Trinajstić information content (AvgIpc) is 2.53. The van der Waals surface area contributed by atoms with Gasteiger partial charge in [-0.15, -0.1) is 0 Å². The predicted octanol–water partition coefficient (Wildman–Crippen LogP) is 2.14. The molecule has 0 aromatic heterocycles. The van der Waals surface area contributed by atoms with E-state index < -0.39 is 6.03 Å². The highest BCUT2D eigenvalue weighted by molar-refractivity contribution is 5.87. The Balaban J connectivity index is 1.68. The Bertz CT molecular complexity index is 496. The molecule has 1 saturated carbocycles. The van der Waals surface area contributed by atoms with E-state index in [1.165, 1.54) is 19.3 Å². The van der Waals surface area contributed by atoms with Gasteiger partial charge in [0.1, 0.15) is 6.61 Å². The first kappa shape index (κ1) is 16.3. The highest BCUT2D eigenvalue weighted by Gasteiger charge is 2.14. The normalized spacial score (nSPS) is 15.3. The topological polar surface area (TPSA) is 93.5 Å². The van der Waals surface area contributed by atoms with Crippen molar-refractivity contribution in [2.75, 3.05) is 11.9 Å². The lowest BCUT2D eigenvalue weighted by Crippen LogP contribution is -2.30. The minimum Gasteiger partial charge on any atom is -0.368 e. The summed E-state index contributed by atoms with van der Waals surface area (Å²) in [6, 6.07) is 6.54. The molecule has 3 amide bonds. The summed E-state index contributed by atoms with van der Waals surface area (Å²) in [6.45, 7) is 0.551. The molecule has 1 aromatic carbocycles. The first-order valence-electron chi connectivity index (χ1n) is 7.67. The molecular formula is C16H23N3O3. The minimum atomic E-state index is -0.596. The van der Waals surface area contributed by atoms with Gasteiger partial charge in [-0.25, -0.2) is 4.79 Å². The molecule has 0 heterocycles. The van der Waals surface area contributed by atoms with Crippen LogP contribution in [0.2, 0.25) is 0 Å². The van der Waals surface area contributed by atoms with Crippen LogP contribution in [0.5, 0.6) is 0 Å². The molecule has 0 saturated heterocycles. The zero-order chi connectivity index (χ0) is 15.8. The molecular weight excluding hydrogens is 282 g/mol. The van der Waals surface area contributed by atoms with Crippen molar-refractivity contribution in [1.29, 1.82) is 0 Å². The van der Waals surface area contributed by atoms with Crippen LogP contribution in [0.25, 0.3) is 0 Å². The largest absolute Gasteiger partial charge is 0.368 e. The molecule has 2 rings (SSSR count). The number of rotatable bonds is 6. The molecule has 6 nitrogen and oxygen atoms in total. The molecule has 0 atom stereocenters. The standard InChI is InChI=1S/C16H23N3O3/c17-16(21)19-13-8-6-12(7-9-13)10-18-15(20)11-22-14-4-2-1-3-5-14/h6-9,14H,1-5,10-11H2,(H,18,20)(H3,17,19,21). The van der Waals surface area contributed by atoms with Crippen LogP contribution in [0, 0.1) is 0 Å². The van der Waals surface area contributed by atoms with Crippen LogP contribution in [0.3, 0.4) is 0 Å². The fraction of sp³-hybridized carbons (Fsp3) is 0.500. The summed E-state index contributed by atoms with van der Waals surface area (Å²) in [7, 11) is 0. The van der Waals surface area contributed by atoms with Crippen LogP contribution >= 0.6 is 0 Å². The molecule has 0 aliphatic heterocycles. The minimum absolute atomic E-state index is 0.107. The van der Waals surface area contributed by atoms with Crippen LogP contribution < -0.4 is 16.4 Å². The van der Waals surface area contributed by atoms with Crippen molar-refractivity contribution in [3.63, 3.8) is 0 Å². The number of amides is 3. The molecule has 4 N–H and O–H groups in total. The van der Waals surface area contributed by atoms with E-state index in [1.807, 2.05) is 12.1 Å². The molecule has 1 fully saturated rings. The fourth-order valence-electron chi connectivity index (χ4n) is 2.53. The lowest BCUT2D eigenvalue weighted by atomic mass is 9.98. The van der Waals surface area contributed by atoms with Crippen molar-refractivity contribution >= 4 is 17.6 Å². The Morgan fingerprint density at radius 1 is 1.14 bits per heavy atom. The molecule has 0 bridgehead atoms. The first-order valence-corrected chi connectivity index (χ1v) is 7.67. The summed E-state index contributed by atoms with van der Waals surface area (Å²) < 4.78 is 5.62. The number of benzene rings is 1. The van der Waals surface area contributed by atoms with Gasteiger partial charge in [0.2, 0.25) is 5.91 Å². The highest BCUT2D eigenvalue weighted by Crippen LogP contribution is 2.19. The van der Waals surface area contributed by atoms with Gasteiger partial charge in [0, 0.05) is 12.2 Å². The van der Waals surface area contributed by atoms with Crippen molar-refractivity contribution in [2.45, 2.75) is 44.8 Å². The van der Waals surface area contributed by atoms with Gasteiger partial charge in [-0.05, 0) is 30.5 Å². The van der Waals surface area contributed by atoms with Crippen molar-refractivity contribution in [3.05, 3.63) is 29.8 Å². The molecule has 22 heavy (non-hydrogen) atoms. The zero-order valence-electron chi connectivity index (χ0n) is 12.6. The Morgan fingerprint density at radius 3 is 2.45 bits per heavy atom. The smallest absolute Gasteiger partial charge is 0.316 e. The summed E-state index contributed by atoms with van der Waals surface area (Å²) >= 11 is 0.